The molecule has 0 aliphatic heterocycles. The molecule has 20 heavy (non-hydrogen) atoms. The highest BCUT2D eigenvalue weighted by Gasteiger charge is 2.13. The van der Waals surface area contributed by atoms with Gasteiger partial charge in [-0.25, -0.2) is 0 Å². The van der Waals surface area contributed by atoms with Crippen LogP contribution in [0.15, 0.2) is 64.2 Å². The number of hydrogen-bond acceptors (Lipinski definition) is 3. The molecule has 1 heterocycles. The molecule has 0 unspecified atom stereocenters. The number of aryl methyl sites for hydroxylation is 1. The fraction of sp³-hybridized carbons (Fsp3) is 0.118. The van der Waals surface area contributed by atoms with Gasteiger partial charge in [-0.05, 0) is 19.1 Å². The van der Waals surface area contributed by atoms with Crippen LogP contribution in [0.4, 0.5) is 0 Å². The standard InChI is InChI=1S/C17H15NO2/c1-12-7-9-13(10-8-12)17(18-19-2)16-11-14-5-3-4-6-15(14)20-16/h3-11H,1-2H3/b18-17-. The van der Waals surface area contributed by atoms with E-state index in [1.165, 1.54) is 12.7 Å². The SMILES string of the molecule is CO/N=C(/c1ccc(C)cc1)c1cc2ccccc2o1. The van der Waals surface area contributed by atoms with Gasteiger partial charge < -0.3 is 9.25 Å². The van der Waals surface area contributed by atoms with Crippen molar-refractivity contribution in [2.24, 2.45) is 5.16 Å². The summed E-state index contributed by atoms with van der Waals surface area (Å²) in [7, 11) is 1.54. The van der Waals surface area contributed by atoms with Crippen molar-refractivity contribution in [3.8, 4) is 0 Å². The minimum absolute atomic E-state index is 0.698. The topological polar surface area (TPSA) is 34.7 Å². The third kappa shape index (κ3) is 2.30. The van der Waals surface area contributed by atoms with E-state index in [2.05, 4.69) is 12.1 Å². The molecule has 0 aliphatic rings. The number of benzene rings is 2. The Morgan fingerprint density at radius 3 is 2.50 bits per heavy atom. The van der Waals surface area contributed by atoms with Gasteiger partial charge in [-0.1, -0.05) is 53.2 Å². The largest absolute Gasteiger partial charge is 0.454 e. The molecule has 3 heteroatoms. The molecule has 2 aromatic carbocycles. The normalized spacial score (nSPS) is 11.8. The number of furan rings is 1. The van der Waals surface area contributed by atoms with E-state index in [1.54, 1.807) is 0 Å². The summed E-state index contributed by atoms with van der Waals surface area (Å²) < 4.78 is 5.86. The van der Waals surface area contributed by atoms with Crippen LogP contribution in [0.25, 0.3) is 11.0 Å². The molecule has 3 aromatic rings. The lowest BCUT2D eigenvalue weighted by Crippen LogP contribution is -2.02. The highest BCUT2D eigenvalue weighted by Crippen LogP contribution is 2.22. The van der Waals surface area contributed by atoms with Crippen LogP contribution in [0, 0.1) is 6.92 Å². The Labute approximate surface area is 117 Å². The lowest BCUT2D eigenvalue weighted by atomic mass is 10.1. The third-order valence-corrected chi connectivity index (χ3v) is 3.17. The summed E-state index contributed by atoms with van der Waals surface area (Å²) in [6, 6.07) is 18.0. The average molecular weight is 265 g/mol. The van der Waals surface area contributed by atoms with E-state index in [1.807, 2.05) is 54.6 Å². The first-order valence-corrected chi connectivity index (χ1v) is 6.45. The summed E-state index contributed by atoms with van der Waals surface area (Å²) in [6.07, 6.45) is 0. The van der Waals surface area contributed by atoms with Gasteiger partial charge in [0.2, 0.25) is 0 Å². The summed E-state index contributed by atoms with van der Waals surface area (Å²) in [5.74, 6) is 0.705. The molecular weight excluding hydrogens is 250 g/mol. The van der Waals surface area contributed by atoms with Gasteiger partial charge in [-0.2, -0.15) is 0 Å². The molecule has 0 saturated heterocycles. The molecule has 0 saturated carbocycles. The predicted octanol–water partition coefficient (Wildman–Crippen LogP) is 4.14. The molecule has 1 aromatic heterocycles. The van der Waals surface area contributed by atoms with Crippen LogP contribution in [-0.4, -0.2) is 12.8 Å². The monoisotopic (exact) mass is 265 g/mol. The van der Waals surface area contributed by atoms with Crippen LogP contribution in [0.2, 0.25) is 0 Å². The van der Waals surface area contributed by atoms with E-state index >= 15 is 0 Å². The molecule has 3 nitrogen and oxygen atoms in total. The van der Waals surface area contributed by atoms with Gasteiger partial charge in [-0.15, -0.1) is 0 Å². The van der Waals surface area contributed by atoms with Gasteiger partial charge in [0.1, 0.15) is 12.7 Å². The van der Waals surface area contributed by atoms with Gasteiger partial charge in [0.25, 0.3) is 0 Å². The Hall–Kier alpha value is -2.55. The number of nitrogens with zero attached hydrogens (tertiary/aromatic N) is 1. The summed E-state index contributed by atoms with van der Waals surface area (Å²) in [5.41, 5.74) is 3.72. The van der Waals surface area contributed by atoms with Crippen molar-refractivity contribution in [2.75, 3.05) is 7.11 Å². The fourth-order valence-electron chi connectivity index (χ4n) is 2.14. The lowest BCUT2D eigenvalue weighted by Gasteiger charge is -2.03. The zero-order valence-corrected chi connectivity index (χ0v) is 11.5. The Morgan fingerprint density at radius 1 is 1.05 bits per heavy atom. The van der Waals surface area contributed by atoms with Crippen molar-refractivity contribution < 1.29 is 9.25 Å². The minimum atomic E-state index is 0.698. The summed E-state index contributed by atoms with van der Waals surface area (Å²) in [6.45, 7) is 2.05. The molecule has 0 atom stereocenters. The van der Waals surface area contributed by atoms with Crippen LogP contribution in [0.1, 0.15) is 16.9 Å². The van der Waals surface area contributed by atoms with Gasteiger partial charge >= 0.3 is 0 Å². The van der Waals surface area contributed by atoms with Crippen molar-refractivity contribution in [1.82, 2.24) is 0 Å². The number of rotatable bonds is 3. The van der Waals surface area contributed by atoms with Gasteiger partial charge in [-0.3, -0.25) is 0 Å². The molecule has 0 fully saturated rings. The maximum Gasteiger partial charge on any atom is 0.157 e. The van der Waals surface area contributed by atoms with Crippen LogP contribution < -0.4 is 0 Å². The van der Waals surface area contributed by atoms with Crippen molar-refractivity contribution in [2.45, 2.75) is 6.92 Å². The van der Waals surface area contributed by atoms with E-state index in [-0.39, 0.29) is 0 Å². The smallest absolute Gasteiger partial charge is 0.157 e. The molecule has 0 radical (unpaired) electrons. The molecule has 0 amide bonds. The zero-order chi connectivity index (χ0) is 13.9. The van der Waals surface area contributed by atoms with E-state index in [4.69, 9.17) is 9.25 Å². The maximum absolute atomic E-state index is 5.86. The fourth-order valence-corrected chi connectivity index (χ4v) is 2.14. The van der Waals surface area contributed by atoms with E-state index < -0.39 is 0 Å². The first kappa shape index (κ1) is 12.5. The van der Waals surface area contributed by atoms with Crippen LogP contribution in [0.5, 0.6) is 0 Å². The van der Waals surface area contributed by atoms with Crippen LogP contribution in [-0.2, 0) is 4.84 Å². The first-order valence-electron chi connectivity index (χ1n) is 6.45. The Bertz CT molecular complexity index is 721. The number of fused-ring (bicyclic) bond motifs is 1. The number of hydrogen-bond donors (Lipinski definition) is 0. The predicted molar refractivity (Wildman–Crippen MR) is 80.0 cm³/mol. The second-order valence-electron chi connectivity index (χ2n) is 4.64. The Kier molecular flexibility index (Phi) is 3.25. The van der Waals surface area contributed by atoms with Gasteiger partial charge in [0, 0.05) is 10.9 Å². The van der Waals surface area contributed by atoms with Crippen molar-refractivity contribution in [1.29, 1.82) is 0 Å². The Balaban J connectivity index is 2.11. The highest BCUT2D eigenvalue weighted by atomic mass is 16.6. The molecule has 3 rings (SSSR count). The molecule has 0 spiro atoms. The summed E-state index contributed by atoms with van der Waals surface area (Å²) in [5, 5.41) is 5.17. The van der Waals surface area contributed by atoms with Crippen LogP contribution >= 0.6 is 0 Å². The molecule has 0 bridgehead atoms. The number of para-hydroxylation sites is 1. The second-order valence-corrected chi connectivity index (χ2v) is 4.64. The van der Waals surface area contributed by atoms with Crippen molar-refractivity contribution in [3.05, 3.63) is 71.5 Å². The quantitative estimate of drug-likeness (QED) is 0.527. The number of oxime groups is 1. The van der Waals surface area contributed by atoms with Gasteiger partial charge in [0.15, 0.2) is 11.5 Å². The summed E-state index contributed by atoms with van der Waals surface area (Å²) in [4.78, 5) is 4.97. The summed E-state index contributed by atoms with van der Waals surface area (Å²) >= 11 is 0. The van der Waals surface area contributed by atoms with Crippen molar-refractivity contribution >= 4 is 16.7 Å². The molecular formula is C17H15NO2. The molecule has 0 aliphatic carbocycles. The highest BCUT2D eigenvalue weighted by molar-refractivity contribution is 6.12. The van der Waals surface area contributed by atoms with Crippen LogP contribution in [0.3, 0.4) is 0 Å². The second kappa shape index (κ2) is 5.21. The van der Waals surface area contributed by atoms with Gasteiger partial charge in [0.05, 0.1) is 0 Å². The van der Waals surface area contributed by atoms with E-state index in [0.717, 1.165) is 16.5 Å². The zero-order valence-electron chi connectivity index (χ0n) is 11.5. The molecule has 0 N–H and O–H groups in total. The Morgan fingerprint density at radius 2 is 1.80 bits per heavy atom. The third-order valence-electron chi connectivity index (χ3n) is 3.17. The molecule has 100 valence electrons. The minimum Gasteiger partial charge on any atom is -0.454 e. The van der Waals surface area contributed by atoms with Crippen molar-refractivity contribution in [3.63, 3.8) is 0 Å². The average Bonchev–Trinajstić information content (AvgIpc) is 2.89. The van der Waals surface area contributed by atoms with E-state index in [0.29, 0.717) is 11.5 Å². The van der Waals surface area contributed by atoms with E-state index in [9.17, 15) is 0 Å². The first-order chi connectivity index (χ1) is 9.78. The lowest BCUT2D eigenvalue weighted by molar-refractivity contribution is 0.213. The maximum atomic E-state index is 5.86.